The highest BCUT2D eigenvalue weighted by Gasteiger charge is 2.30. The molecule has 104 heavy (non-hydrogen) atoms. The molecule has 0 radical (unpaired) electrons. The van der Waals surface area contributed by atoms with Gasteiger partial charge in [0.15, 0.2) is 12.2 Å². The summed E-state index contributed by atoms with van der Waals surface area (Å²) in [7, 11) is -9.96. The van der Waals surface area contributed by atoms with Gasteiger partial charge in [-0.1, -0.05) is 312 Å². The minimum absolute atomic E-state index is 0.0586. The van der Waals surface area contributed by atoms with E-state index < -0.39 is 97.5 Å². The second kappa shape index (κ2) is 77.4. The highest BCUT2D eigenvalue weighted by molar-refractivity contribution is 7.47. The van der Waals surface area contributed by atoms with E-state index in [1.54, 1.807) is 0 Å². The lowest BCUT2D eigenvalue weighted by atomic mass is 10.0. The smallest absolute Gasteiger partial charge is 0.462 e. The van der Waals surface area contributed by atoms with Crippen LogP contribution >= 0.6 is 15.6 Å². The Kier molecular flexibility index (Phi) is 74.6. The third kappa shape index (κ3) is 76.4. The molecule has 0 rings (SSSR count). The van der Waals surface area contributed by atoms with Gasteiger partial charge in [0.05, 0.1) is 26.4 Å². The maximum absolute atomic E-state index is 13.1. The maximum atomic E-state index is 13.1. The summed E-state index contributed by atoms with van der Waals surface area (Å²) in [5.41, 5.74) is 0. The van der Waals surface area contributed by atoms with Crippen LogP contribution in [0.1, 0.15) is 374 Å². The minimum Gasteiger partial charge on any atom is -0.462 e. The number of unbranched alkanes of at least 4 members (excludes halogenated alkanes) is 39. The van der Waals surface area contributed by atoms with Crippen LogP contribution in [-0.2, 0) is 65.4 Å². The van der Waals surface area contributed by atoms with Crippen molar-refractivity contribution in [3.05, 3.63) is 85.1 Å². The van der Waals surface area contributed by atoms with E-state index >= 15 is 0 Å². The number of aliphatic hydroxyl groups excluding tert-OH is 1. The van der Waals surface area contributed by atoms with Gasteiger partial charge in [0.1, 0.15) is 19.3 Å². The fraction of sp³-hybridized carbons (Fsp3) is 0.788. The number of hydrogen-bond acceptors (Lipinski definition) is 15. The third-order valence-electron chi connectivity index (χ3n) is 17.8. The van der Waals surface area contributed by atoms with Crippen molar-refractivity contribution in [1.29, 1.82) is 0 Å². The van der Waals surface area contributed by atoms with Crippen LogP contribution in [-0.4, -0.2) is 96.7 Å². The molecule has 0 spiro atoms. The molecule has 19 heteroatoms. The lowest BCUT2D eigenvalue weighted by Crippen LogP contribution is -2.30. The summed E-state index contributed by atoms with van der Waals surface area (Å²) in [5.74, 6) is -2.20. The van der Waals surface area contributed by atoms with E-state index in [-0.39, 0.29) is 25.7 Å². The van der Waals surface area contributed by atoms with E-state index in [4.69, 9.17) is 37.0 Å². The summed E-state index contributed by atoms with van der Waals surface area (Å²) < 4.78 is 68.7. The molecule has 0 saturated heterocycles. The van der Waals surface area contributed by atoms with Gasteiger partial charge in [0.2, 0.25) is 0 Å². The molecular weight excluding hydrogens is 1350 g/mol. The second-order valence-corrected chi connectivity index (χ2v) is 30.9. The third-order valence-corrected chi connectivity index (χ3v) is 19.7. The number of ether oxygens (including phenoxy) is 4. The van der Waals surface area contributed by atoms with Gasteiger partial charge in [-0.15, -0.1) is 0 Å². The van der Waals surface area contributed by atoms with E-state index in [0.29, 0.717) is 25.7 Å². The summed E-state index contributed by atoms with van der Waals surface area (Å²) in [6, 6.07) is 0. The molecule has 5 atom stereocenters. The predicted molar refractivity (Wildman–Crippen MR) is 427 cm³/mol. The van der Waals surface area contributed by atoms with Crippen molar-refractivity contribution in [3.63, 3.8) is 0 Å². The molecule has 0 aromatic heterocycles. The molecule has 2 unspecified atom stereocenters. The van der Waals surface area contributed by atoms with Gasteiger partial charge >= 0.3 is 39.5 Å². The SMILES string of the molecule is CC/C=C\C/C=C\C/C=C\C/C=C\C/C=C\CCCCCC(=O)O[C@H](COC(=O)CCCCCCCCCCCCCCCCC)COP(=O)(O)OC[C@H](O)COP(=O)(O)OC[C@@H](COC(=O)CCCCCCC/C=C\CCCCCCCC)OC(=O)CCCCCCCCC/C=C\CCCCCC. The molecular formula is C85H152O17P2. The predicted octanol–water partition coefficient (Wildman–Crippen LogP) is 24.6. The van der Waals surface area contributed by atoms with Crippen molar-refractivity contribution in [1.82, 2.24) is 0 Å². The van der Waals surface area contributed by atoms with Gasteiger partial charge in [-0.25, -0.2) is 9.13 Å². The molecule has 0 bridgehead atoms. The largest absolute Gasteiger partial charge is 0.472 e. The highest BCUT2D eigenvalue weighted by Crippen LogP contribution is 2.45. The number of hydrogen-bond donors (Lipinski definition) is 3. The molecule has 0 heterocycles. The summed E-state index contributed by atoms with van der Waals surface area (Å²) in [6.45, 7) is 4.77. The zero-order valence-corrected chi connectivity index (χ0v) is 68.0. The lowest BCUT2D eigenvalue weighted by Gasteiger charge is -2.21. The van der Waals surface area contributed by atoms with Crippen molar-refractivity contribution in [2.24, 2.45) is 0 Å². The molecule has 0 aromatic carbocycles. The number of phosphoric ester groups is 2. The van der Waals surface area contributed by atoms with Crippen LogP contribution in [0.15, 0.2) is 85.1 Å². The fourth-order valence-corrected chi connectivity index (χ4v) is 13.1. The Morgan fingerprint density at radius 2 is 0.500 bits per heavy atom. The molecule has 17 nitrogen and oxygen atoms in total. The van der Waals surface area contributed by atoms with Gasteiger partial charge in [0, 0.05) is 25.7 Å². The van der Waals surface area contributed by atoms with Gasteiger partial charge < -0.3 is 33.8 Å². The highest BCUT2D eigenvalue weighted by atomic mass is 31.2. The normalized spacial score (nSPS) is 14.3. The number of rotatable bonds is 79. The van der Waals surface area contributed by atoms with Gasteiger partial charge in [0.25, 0.3) is 0 Å². The van der Waals surface area contributed by atoms with Crippen molar-refractivity contribution in [3.8, 4) is 0 Å². The van der Waals surface area contributed by atoms with Crippen molar-refractivity contribution in [2.45, 2.75) is 393 Å². The lowest BCUT2D eigenvalue weighted by molar-refractivity contribution is -0.161. The molecule has 0 aliphatic carbocycles. The number of carbonyl (C=O) groups excluding carboxylic acids is 4. The monoisotopic (exact) mass is 1510 g/mol. The van der Waals surface area contributed by atoms with E-state index in [1.807, 2.05) is 0 Å². The number of phosphoric acid groups is 2. The number of carbonyl (C=O) groups is 4. The molecule has 3 N–H and O–H groups in total. The average Bonchev–Trinajstić information content (AvgIpc) is 0.943. The molecule has 0 amide bonds. The van der Waals surface area contributed by atoms with Crippen LogP contribution in [0.25, 0.3) is 0 Å². The van der Waals surface area contributed by atoms with Crippen molar-refractivity contribution >= 4 is 39.5 Å². The van der Waals surface area contributed by atoms with Crippen LogP contribution in [0.3, 0.4) is 0 Å². The Morgan fingerprint density at radius 3 is 0.798 bits per heavy atom. The van der Waals surface area contributed by atoms with E-state index in [0.717, 1.165) is 161 Å². The summed E-state index contributed by atoms with van der Waals surface area (Å²) >= 11 is 0. The Hall–Kier alpha value is -3.76. The number of aliphatic hydroxyl groups is 1. The van der Waals surface area contributed by atoms with Crippen LogP contribution in [0, 0.1) is 0 Å². The zero-order valence-electron chi connectivity index (χ0n) is 66.2. The first-order chi connectivity index (χ1) is 50.7. The second-order valence-electron chi connectivity index (χ2n) is 28.0. The van der Waals surface area contributed by atoms with Crippen molar-refractivity contribution in [2.75, 3.05) is 39.6 Å². The Labute approximate surface area is 634 Å². The summed E-state index contributed by atoms with van der Waals surface area (Å²) in [4.78, 5) is 73.1. The number of allylic oxidation sites excluding steroid dienone is 14. The Bertz CT molecular complexity index is 2300. The summed E-state index contributed by atoms with van der Waals surface area (Å²) in [6.07, 6.45) is 81.2. The first-order valence-electron chi connectivity index (χ1n) is 41.8. The summed E-state index contributed by atoms with van der Waals surface area (Å²) in [5, 5.41) is 10.7. The molecule has 0 aliphatic rings. The van der Waals surface area contributed by atoms with Gasteiger partial charge in [-0.2, -0.15) is 0 Å². The van der Waals surface area contributed by atoms with Crippen LogP contribution in [0.4, 0.5) is 0 Å². The topological polar surface area (TPSA) is 237 Å². The fourth-order valence-electron chi connectivity index (χ4n) is 11.5. The minimum atomic E-state index is -4.98. The quantitative estimate of drug-likeness (QED) is 0.0169. The Balaban J connectivity index is 5.38. The molecule has 604 valence electrons. The molecule has 0 saturated carbocycles. The van der Waals surface area contributed by atoms with Gasteiger partial charge in [-0.3, -0.25) is 37.3 Å². The molecule has 0 aromatic rings. The van der Waals surface area contributed by atoms with Crippen LogP contribution in [0.5, 0.6) is 0 Å². The van der Waals surface area contributed by atoms with Crippen LogP contribution in [0.2, 0.25) is 0 Å². The maximum Gasteiger partial charge on any atom is 0.472 e. The van der Waals surface area contributed by atoms with E-state index in [9.17, 15) is 43.2 Å². The number of esters is 4. The standard InChI is InChI=1S/C85H152O17P2/c1-5-9-13-17-21-25-29-33-37-38-39-40-44-48-52-56-60-64-68-72-85(90)102-81(76-96-83(88)70-66-62-58-54-50-46-42-35-31-27-23-19-15-11-7-3)78-100-104(93,94)98-74-79(86)73-97-103(91,92)99-77-80(101-84(89)71-67-63-59-55-51-47-43-36-32-28-24-20-16-12-8-4)75-95-82(87)69-65-61-57-53-49-45-41-34-30-26-22-18-14-10-6-2/h9,13,21,25,28,32-34,37,39-41,48,52,79-81,86H,5-8,10-12,14-20,22-24,26-27,29-31,35-36,38,42-47,49-51,53-78H2,1-4H3,(H,91,92)(H,93,94)/b13-9-,25-21-,32-28-,37-33-,40-39-,41-34-,52-48-/t79-,80-,81-/m1/s1. The molecule has 0 fully saturated rings. The first kappa shape index (κ1) is 100. The van der Waals surface area contributed by atoms with Crippen LogP contribution < -0.4 is 0 Å². The average molecular weight is 1510 g/mol. The van der Waals surface area contributed by atoms with E-state index in [2.05, 4.69) is 113 Å². The molecule has 0 aliphatic heterocycles. The van der Waals surface area contributed by atoms with E-state index in [1.165, 1.54) is 135 Å². The van der Waals surface area contributed by atoms with Gasteiger partial charge in [-0.05, 0) is 122 Å². The zero-order chi connectivity index (χ0) is 76.0. The first-order valence-corrected chi connectivity index (χ1v) is 44.8. The Morgan fingerprint density at radius 1 is 0.279 bits per heavy atom. The van der Waals surface area contributed by atoms with Crippen molar-refractivity contribution < 1.29 is 80.2 Å².